The molecule has 16 heavy (non-hydrogen) atoms. The van der Waals surface area contributed by atoms with Gasteiger partial charge in [-0.2, -0.15) is 5.10 Å². The number of aryl methyl sites for hydroxylation is 1. The van der Waals surface area contributed by atoms with Gasteiger partial charge in [0.1, 0.15) is 0 Å². The molecule has 0 aliphatic heterocycles. The van der Waals surface area contributed by atoms with Crippen LogP contribution in [0.25, 0.3) is 0 Å². The number of nitrogens with zero attached hydrogens (tertiary/aromatic N) is 3. The molecular weight excluding hydrogens is 210 g/mol. The molecule has 7 nitrogen and oxygen atoms in total. The minimum Gasteiger partial charge on any atom is -0.369 e. The minimum absolute atomic E-state index is 0.0358. The smallest absolute Gasteiger partial charge is 0.272 e. The molecule has 0 aromatic heterocycles. The molecule has 1 aromatic rings. The molecule has 0 bridgehead atoms. The summed E-state index contributed by atoms with van der Waals surface area (Å²) in [5.74, 6) is -0.169. The van der Waals surface area contributed by atoms with Crippen molar-refractivity contribution in [3.8, 4) is 0 Å². The van der Waals surface area contributed by atoms with E-state index in [1.807, 2.05) is 0 Å². The van der Waals surface area contributed by atoms with Gasteiger partial charge < -0.3 is 11.5 Å². The van der Waals surface area contributed by atoms with E-state index in [4.69, 9.17) is 11.5 Å². The van der Waals surface area contributed by atoms with Crippen LogP contribution in [-0.2, 0) is 0 Å². The Morgan fingerprint density at radius 1 is 1.50 bits per heavy atom. The Hall–Kier alpha value is -2.44. The molecule has 0 spiro atoms. The zero-order valence-electron chi connectivity index (χ0n) is 8.62. The quantitative estimate of drug-likeness (QED) is 0.334. The third-order valence-corrected chi connectivity index (χ3v) is 1.81. The molecule has 0 atom stereocenters. The maximum atomic E-state index is 10.6. The largest absolute Gasteiger partial charge is 0.369 e. The lowest BCUT2D eigenvalue weighted by atomic mass is 10.1. The number of hydrogen-bond acceptors (Lipinski definition) is 4. The highest BCUT2D eigenvalue weighted by Crippen LogP contribution is 2.18. The summed E-state index contributed by atoms with van der Waals surface area (Å²) in [6.45, 7) is 1.66. The number of rotatable bonds is 3. The van der Waals surface area contributed by atoms with Gasteiger partial charge in [0.2, 0.25) is 5.96 Å². The Bertz CT molecular complexity index is 463. The van der Waals surface area contributed by atoms with Crippen LogP contribution in [0.15, 0.2) is 28.4 Å². The van der Waals surface area contributed by atoms with Crippen LogP contribution in [0.1, 0.15) is 11.1 Å². The van der Waals surface area contributed by atoms with E-state index in [2.05, 4.69) is 10.2 Å². The molecule has 84 valence electrons. The molecule has 0 amide bonds. The van der Waals surface area contributed by atoms with Gasteiger partial charge in [0.25, 0.3) is 5.69 Å². The average molecular weight is 221 g/mol. The molecule has 0 aliphatic rings. The molecule has 0 saturated heterocycles. The number of nitrogens with two attached hydrogens (primary N) is 2. The highest BCUT2D eigenvalue weighted by Gasteiger charge is 2.09. The summed E-state index contributed by atoms with van der Waals surface area (Å²) < 4.78 is 0. The highest BCUT2D eigenvalue weighted by molar-refractivity contribution is 5.82. The summed E-state index contributed by atoms with van der Waals surface area (Å²) >= 11 is 0. The van der Waals surface area contributed by atoms with Gasteiger partial charge in [-0.25, -0.2) is 0 Å². The Morgan fingerprint density at radius 3 is 2.75 bits per heavy atom. The minimum atomic E-state index is -0.451. The topological polar surface area (TPSA) is 120 Å². The van der Waals surface area contributed by atoms with Crippen LogP contribution in [0.3, 0.4) is 0 Å². The fourth-order valence-corrected chi connectivity index (χ4v) is 1.07. The Kier molecular flexibility index (Phi) is 3.54. The van der Waals surface area contributed by atoms with Crippen LogP contribution in [0.2, 0.25) is 0 Å². The van der Waals surface area contributed by atoms with Crippen molar-refractivity contribution in [1.82, 2.24) is 0 Å². The van der Waals surface area contributed by atoms with Gasteiger partial charge in [0.15, 0.2) is 0 Å². The third-order valence-electron chi connectivity index (χ3n) is 1.81. The molecule has 0 saturated carbocycles. The number of nitro groups is 1. The first-order valence-corrected chi connectivity index (χ1v) is 4.37. The lowest BCUT2D eigenvalue weighted by Gasteiger charge is -1.97. The van der Waals surface area contributed by atoms with Gasteiger partial charge >= 0.3 is 0 Å². The average Bonchev–Trinajstić information content (AvgIpc) is 2.19. The monoisotopic (exact) mass is 221 g/mol. The molecule has 1 aromatic carbocycles. The predicted molar refractivity (Wildman–Crippen MR) is 61.2 cm³/mol. The van der Waals surface area contributed by atoms with Gasteiger partial charge in [-0.1, -0.05) is 12.1 Å². The normalized spacial score (nSPS) is 10.3. The molecule has 0 aliphatic carbocycles. The predicted octanol–water partition coefficient (Wildman–Crippen LogP) is 0.511. The van der Waals surface area contributed by atoms with E-state index in [0.717, 1.165) is 0 Å². The van der Waals surface area contributed by atoms with Crippen molar-refractivity contribution in [2.75, 3.05) is 0 Å². The summed E-state index contributed by atoms with van der Waals surface area (Å²) in [6, 6.07) is 4.73. The number of guanidine groups is 1. The van der Waals surface area contributed by atoms with Crippen LogP contribution in [0.4, 0.5) is 5.69 Å². The van der Waals surface area contributed by atoms with Gasteiger partial charge in [0.05, 0.1) is 11.1 Å². The van der Waals surface area contributed by atoms with Crippen LogP contribution in [0, 0.1) is 17.0 Å². The number of benzene rings is 1. The summed E-state index contributed by atoms with van der Waals surface area (Å²) in [5, 5.41) is 17.6. The van der Waals surface area contributed by atoms with Crippen molar-refractivity contribution in [2.45, 2.75) is 6.92 Å². The molecule has 0 unspecified atom stereocenters. The fourth-order valence-electron chi connectivity index (χ4n) is 1.07. The van der Waals surface area contributed by atoms with E-state index in [0.29, 0.717) is 11.1 Å². The first-order chi connectivity index (χ1) is 7.50. The van der Waals surface area contributed by atoms with Gasteiger partial charge in [0, 0.05) is 17.2 Å². The second-order valence-electron chi connectivity index (χ2n) is 3.07. The summed E-state index contributed by atoms with van der Waals surface area (Å²) in [6.07, 6.45) is 1.34. The van der Waals surface area contributed by atoms with Crippen molar-refractivity contribution < 1.29 is 4.92 Å². The highest BCUT2D eigenvalue weighted by atomic mass is 16.6. The third kappa shape index (κ3) is 3.05. The zero-order valence-corrected chi connectivity index (χ0v) is 8.62. The van der Waals surface area contributed by atoms with Crippen molar-refractivity contribution in [1.29, 1.82) is 0 Å². The van der Waals surface area contributed by atoms with Crippen molar-refractivity contribution >= 4 is 17.9 Å². The Balaban J connectivity index is 3.00. The van der Waals surface area contributed by atoms with E-state index < -0.39 is 4.92 Å². The van der Waals surface area contributed by atoms with Gasteiger partial charge in [-0.15, -0.1) is 5.10 Å². The molecule has 0 heterocycles. The summed E-state index contributed by atoms with van der Waals surface area (Å²) in [7, 11) is 0. The Labute approximate surface area is 91.6 Å². The first kappa shape index (κ1) is 11.6. The van der Waals surface area contributed by atoms with Gasteiger partial charge in [-0.05, 0) is 6.92 Å². The van der Waals surface area contributed by atoms with Crippen LogP contribution >= 0.6 is 0 Å². The summed E-state index contributed by atoms with van der Waals surface area (Å²) in [4.78, 5) is 10.2. The van der Waals surface area contributed by atoms with Crippen molar-refractivity contribution in [2.24, 2.45) is 21.7 Å². The number of nitro benzene ring substituents is 1. The molecular formula is C9H11N5O2. The second kappa shape index (κ2) is 4.87. The van der Waals surface area contributed by atoms with E-state index in [1.54, 1.807) is 19.1 Å². The zero-order chi connectivity index (χ0) is 12.1. The standard InChI is InChI=1S/C9H11N5O2/c1-6-2-3-7(4-8(6)14(15)16)5-12-13-9(10)11/h2-5H,1H3,(H4,10,11,13). The van der Waals surface area contributed by atoms with Crippen LogP contribution in [0.5, 0.6) is 0 Å². The van der Waals surface area contributed by atoms with E-state index in [1.165, 1.54) is 12.3 Å². The Morgan fingerprint density at radius 2 is 2.19 bits per heavy atom. The number of hydrogen-bond donors (Lipinski definition) is 2. The molecule has 4 N–H and O–H groups in total. The van der Waals surface area contributed by atoms with Crippen LogP contribution < -0.4 is 11.5 Å². The first-order valence-electron chi connectivity index (χ1n) is 4.37. The molecule has 0 radical (unpaired) electrons. The van der Waals surface area contributed by atoms with E-state index in [-0.39, 0.29) is 11.6 Å². The molecule has 0 fully saturated rings. The SMILES string of the molecule is Cc1ccc(C=NN=C(N)N)cc1[N+](=O)[O-]. The second-order valence-corrected chi connectivity index (χ2v) is 3.07. The van der Waals surface area contributed by atoms with Crippen molar-refractivity contribution in [3.63, 3.8) is 0 Å². The van der Waals surface area contributed by atoms with Gasteiger partial charge in [-0.3, -0.25) is 10.1 Å². The van der Waals surface area contributed by atoms with E-state index in [9.17, 15) is 10.1 Å². The maximum Gasteiger partial charge on any atom is 0.272 e. The van der Waals surface area contributed by atoms with Crippen LogP contribution in [-0.4, -0.2) is 17.1 Å². The lowest BCUT2D eigenvalue weighted by Crippen LogP contribution is -2.21. The molecule has 1 rings (SSSR count). The fraction of sp³-hybridized carbons (Fsp3) is 0.111. The lowest BCUT2D eigenvalue weighted by molar-refractivity contribution is -0.385. The molecule has 7 heteroatoms. The maximum absolute atomic E-state index is 10.6. The van der Waals surface area contributed by atoms with E-state index >= 15 is 0 Å². The summed E-state index contributed by atoms with van der Waals surface area (Å²) in [5.41, 5.74) is 11.3. The van der Waals surface area contributed by atoms with Crippen molar-refractivity contribution in [3.05, 3.63) is 39.4 Å².